The summed E-state index contributed by atoms with van der Waals surface area (Å²) in [4.78, 5) is 0. The predicted molar refractivity (Wildman–Crippen MR) is 61.1 cm³/mol. The van der Waals surface area contributed by atoms with E-state index in [9.17, 15) is 12.3 Å². The molecule has 0 N–H and O–H groups in total. The van der Waals surface area contributed by atoms with Gasteiger partial charge in [-0.1, -0.05) is 23.7 Å². The zero-order chi connectivity index (χ0) is 12.0. The fourth-order valence-electron chi connectivity index (χ4n) is 1.12. The maximum Gasteiger partial charge on any atom is 0.302 e. The second-order valence-electron chi connectivity index (χ2n) is 3.23. The van der Waals surface area contributed by atoms with Gasteiger partial charge in [-0.25, -0.2) is 0 Å². The van der Waals surface area contributed by atoms with E-state index in [0.29, 0.717) is 23.8 Å². The summed E-state index contributed by atoms with van der Waals surface area (Å²) in [6.07, 6.45) is 0.706. The van der Waals surface area contributed by atoms with Crippen LogP contribution in [0.25, 0.3) is 0 Å². The van der Waals surface area contributed by atoms with Crippen molar-refractivity contribution in [3.63, 3.8) is 0 Å². The number of hydrogen-bond acceptors (Lipinski definition) is 3. The summed E-state index contributed by atoms with van der Waals surface area (Å²) in [5, 5.41) is 0.501. The molecule has 0 radical (unpaired) electrons. The van der Waals surface area contributed by atoms with Crippen LogP contribution in [0.1, 0.15) is 12.8 Å². The van der Waals surface area contributed by atoms with Crippen LogP contribution in [0.3, 0.4) is 0 Å². The van der Waals surface area contributed by atoms with Crippen molar-refractivity contribution < 1.29 is 17.0 Å². The van der Waals surface area contributed by atoms with Gasteiger partial charge in [-0.3, -0.25) is 0 Å². The molecule has 0 aliphatic rings. The van der Waals surface area contributed by atoms with Gasteiger partial charge in [0.05, 0.1) is 17.4 Å². The molecule has 1 rings (SSSR count). The minimum atomic E-state index is -4.36. The Labute approximate surface area is 99.4 Å². The molecule has 3 nitrogen and oxygen atoms in total. The van der Waals surface area contributed by atoms with Gasteiger partial charge in [-0.15, -0.1) is 3.89 Å². The highest BCUT2D eigenvalue weighted by Gasteiger charge is 2.06. The van der Waals surface area contributed by atoms with E-state index >= 15 is 0 Å². The Hall–Kier alpha value is -0.810. The van der Waals surface area contributed by atoms with Crippen molar-refractivity contribution in [2.75, 3.05) is 12.4 Å². The molecule has 16 heavy (non-hydrogen) atoms. The zero-order valence-electron chi connectivity index (χ0n) is 8.53. The summed E-state index contributed by atoms with van der Waals surface area (Å²) in [5.41, 5.74) is 0. The summed E-state index contributed by atoms with van der Waals surface area (Å²) in [6.45, 7) is 0.319. The first kappa shape index (κ1) is 13.3. The molecule has 0 saturated heterocycles. The first-order chi connectivity index (χ1) is 7.49. The summed E-state index contributed by atoms with van der Waals surface area (Å²) in [5.74, 6) is 0.0890. The van der Waals surface area contributed by atoms with E-state index in [0.717, 1.165) is 0 Å². The van der Waals surface area contributed by atoms with Crippen molar-refractivity contribution >= 4 is 21.8 Å². The molecular formula is C10H12ClFO3S. The predicted octanol–water partition coefficient (Wildman–Crippen LogP) is 2.80. The van der Waals surface area contributed by atoms with E-state index in [1.165, 1.54) is 0 Å². The average molecular weight is 267 g/mol. The van der Waals surface area contributed by atoms with Gasteiger partial charge in [0.25, 0.3) is 0 Å². The average Bonchev–Trinajstić information content (AvgIpc) is 2.18. The Morgan fingerprint density at radius 3 is 2.56 bits per heavy atom. The molecule has 0 aliphatic carbocycles. The van der Waals surface area contributed by atoms with E-state index in [1.807, 2.05) is 0 Å². The molecule has 0 aliphatic heterocycles. The number of unbranched alkanes of at least 4 members (excludes halogenated alkanes) is 1. The highest BCUT2D eigenvalue weighted by molar-refractivity contribution is 7.86. The van der Waals surface area contributed by atoms with Crippen LogP contribution in [0.4, 0.5) is 3.89 Å². The number of ether oxygens (including phenoxy) is 1. The third-order valence-electron chi connectivity index (χ3n) is 1.88. The molecule has 6 heteroatoms. The quantitative estimate of drug-likeness (QED) is 0.587. The van der Waals surface area contributed by atoms with Gasteiger partial charge in [0, 0.05) is 0 Å². The summed E-state index contributed by atoms with van der Waals surface area (Å²) in [6, 6.07) is 6.98. The maximum atomic E-state index is 12.1. The second-order valence-corrected chi connectivity index (χ2v) is 5.12. The molecule has 0 fully saturated rings. The molecule has 0 spiro atoms. The SMILES string of the molecule is O=S(=O)(F)CCCCOc1ccccc1Cl. The van der Waals surface area contributed by atoms with Gasteiger partial charge >= 0.3 is 10.2 Å². The van der Waals surface area contributed by atoms with Crippen molar-refractivity contribution in [3.8, 4) is 5.75 Å². The molecule has 90 valence electrons. The molecule has 0 unspecified atom stereocenters. The highest BCUT2D eigenvalue weighted by Crippen LogP contribution is 2.23. The van der Waals surface area contributed by atoms with Crippen LogP contribution in [0.5, 0.6) is 5.75 Å². The molecule has 0 saturated carbocycles. The third kappa shape index (κ3) is 5.32. The Kier molecular flexibility index (Phi) is 5.02. The smallest absolute Gasteiger partial charge is 0.302 e. The Morgan fingerprint density at radius 2 is 1.94 bits per heavy atom. The number of para-hydroxylation sites is 1. The third-order valence-corrected chi connectivity index (χ3v) is 2.97. The maximum absolute atomic E-state index is 12.1. The second kappa shape index (κ2) is 6.06. The fourth-order valence-corrected chi connectivity index (χ4v) is 1.86. The number of benzene rings is 1. The first-order valence-electron chi connectivity index (χ1n) is 4.79. The minimum Gasteiger partial charge on any atom is -0.492 e. The standard InChI is InChI=1S/C10H12ClFO3S/c11-9-5-1-2-6-10(9)15-7-3-4-8-16(12,13)14/h1-2,5-6H,3-4,7-8H2. The normalized spacial score (nSPS) is 11.4. The molecule has 0 heterocycles. The monoisotopic (exact) mass is 266 g/mol. The largest absolute Gasteiger partial charge is 0.492 e. The number of hydrogen-bond donors (Lipinski definition) is 0. The number of halogens is 2. The first-order valence-corrected chi connectivity index (χ1v) is 6.72. The summed E-state index contributed by atoms with van der Waals surface area (Å²) in [7, 11) is -4.36. The molecule has 0 amide bonds. The van der Waals surface area contributed by atoms with Crippen molar-refractivity contribution in [1.82, 2.24) is 0 Å². The van der Waals surface area contributed by atoms with Gasteiger partial charge in [0.1, 0.15) is 5.75 Å². The van der Waals surface area contributed by atoms with Gasteiger partial charge in [0.2, 0.25) is 0 Å². The molecule has 1 aromatic rings. The molecule has 1 aromatic carbocycles. The van der Waals surface area contributed by atoms with E-state index in [1.54, 1.807) is 24.3 Å². The van der Waals surface area contributed by atoms with Crippen LogP contribution in [-0.4, -0.2) is 20.8 Å². The Bertz CT molecular complexity index is 433. The van der Waals surface area contributed by atoms with Gasteiger partial charge in [-0.05, 0) is 25.0 Å². The minimum absolute atomic E-state index is 0.239. The Balaban J connectivity index is 2.24. The van der Waals surface area contributed by atoms with Gasteiger partial charge in [-0.2, -0.15) is 8.42 Å². The van der Waals surface area contributed by atoms with E-state index in [4.69, 9.17) is 16.3 Å². The summed E-state index contributed by atoms with van der Waals surface area (Å²) < 4.78 is 37.8. The van der Waals surface area contributed by atoms with E-state index in [-0.39, 0.29) is 6.42 Å². The van der Waals surface area contributed by atoms with Crippen LogP contribution < -0.4 is 4.74 Å². The van der Waals surface area contributed by atoms with Crippen LogP contribution in [-0.2, 0) is 10.2 Å². The van der Waals surface area contributed by atoms with Crippen LogP contribution in [0.2, 0.25) is 5.02 Å². The lowest BCUT2D eigenvalue weighted by Gasteiger charge is -2.06. The lowest BCUT2D eigenvalue weighted by molar-refractivity contribution is 0.309. The van der Waals surface area contributed by atoms with E-state index < -0.39 is 16.0 Å². The van der Waals surface area contributed by atoms with Crippen molar-refractivity contribution in [1.29, 1.82) is 0 Å². The number of rotatable bonds is 6. The topological polar surface area (TPSA) is 43.4 Å². The van der Waals surface area contributed by atoms with Gasteiger partial charge in [0.15, 0.2) is 0 Å². The van der Waals surface area contributed by atoms with Crippen LogP contribution in [0.15, 0.2) is 24.3 Å². The van der Waals surface area contributed by atoms with Crippen molar-refractivity contribution in [2.45, 2.75) is 12.8 Å². The summed E-state index contributed by atoms with van der Waals surface area (Å²) >= 11 is 5.83. The molecule has 0 bridgehead atoms. The van der Waals surface area contributed by atoms with E-state index in [2.05, 4.69) is 0 Å². The van der Waals surface area contributed by atoms with Crippen LogP contribution >= 0.6 is 11.6 Å². The van der Waals surface area contributed by atoms with Crippen molar-refractivity contribution in [3.05, 3.63) is 29.3 Å². The van der Waals surface area contributed by atoms with Gasteiger partial charge < -0.3 is 4.74 Å². The highest BCUT2D eigenvalue weighted by atomic mass is 35.5. The molecule has 0 atom stereocenters. The fraction of sp³-hybridized carbons (Fsp3) is 0.400. The lowest BCUT2D eigenvalue weighted by Crippen LogP contribution is -2.03. The zero-order valence-corrected chi connectivity index (χ0v) is 10.1. The van der Waals surface area contributed by atoms with Crippen molar-refractivity contribution in [2.24, 2.45) is 0 Å². The lowest BCUT2D eigenvalue weighted by atomic mass is 10.3. The Morgan fingerprint density at radius 1 is 1.25 bits per heavy atom. The molecular weight excluding hydrogens is 255 g/mol. The molecule has 0 aromatic heterocycles. The van der Waals surface area contributed by atoms with Crippen LogP contribution in [0, 0.1) is 0 Å².